The molecule has 2 rings (SSSR count). The summed E-state index contributed by atoms with van der Waals surface area (Å²) in [5.74, 6) is -3.68. The lowest BCUT2D eigenvalue weighted by atomic mass is 9.87. The zero-order chi connectivity index (χ0) is 15.7. The molecule has 124 valence electrons. The minimum atomic E-state index is -3.71. The van der Waals surface area contributed by atoms with Crippen LogP contribution in [-0.4, -0.2) is 53.2 Å². The van der Waals surface area contributed by atoms with Crippen LogP contribution in [-0.2, 0) is 20.8 Å². The van der Waals surface area contributed by atoms with Gasteiger partial charge in [-0.15, -0.1) is 0 Å². The largest absolute Gasteiger partial charge is 0.260 e. The molecule has 4 nitrogen and oxygen atoms in total. The van der Waals surface area contributed by atoms with Gasteiger partial charge in [0.2, 0.25) is 10.0 Å². The van der Waals surface area contributed by atoms with Crippen LogP contribution in [0.1, 0.15) is 32.6 Å². The Balaban J connectivity index is 2.08. The van der Waals surface area contributed by atoms with Crippen LogP contribution < -0.4 is 0 Å². The Hall–Kier alpha value is -0.0800. The van der Waals surface area contributed by atoms with Crippen molar-refractivity contribution in [2.75, 3.05) is 30.3 Å². The van der Waals surface area contributed by atoms with Gasteiger partial charge in [-0.2, -0.15) is 0 Å². The lowest BCUT2D eigenvalue weighted by Crippen LogP contribution is -2.43. The third kappa shape index (κ3) is 4.45. The smallest absolute Gasteiger partial charge is 0.251 e. The van der Waals surface area contributed by atoms with Crippen molar-refractivity contribution in [2.45, 2.75) is 38.5 Å². The van der Waals surface area contributed by atoms with E-state index in [1.54, 1.807) is 0 Å². The van der Waals surface area contributed by atoms with Gasteiger partial charge in [0, 0.05) is 47.7 Å². The molecule has 21 heavy (non-hydrogen) atoms. The summed E-state index contributed by atoms with van der Waals surface area (Å²) < 4.78 is 65.5. The van der Waals surface area contributed by atoms with Crippen molar-refractivity contribution in [2.24, 2.45) is 11.8 Å². The van der Waals surface area contributed by atoms with E-state index in [1.165, 1.54) is 4.31 Å². The standard InChI is InChI=1S/C13H23F2NO3S2/c1-11-8-16(6-7-20(17)9-11)21(18,19)10-12-4-2-3-5-13(12,14)15/h11-12H,2-10H2,1H3. The summed E-state index contributed by atoms with van der Waals surface area (Å²) in [6.07, 6.45) is 1.18. The fraction of sp³-hybridized carbons (Fsp3) is 1.00. The van der Waals surface area contributed by atoms with E-state index in [-0.39, 0.29) is 31.8 Å². The predicted octanol–water partition coefficient (Wildman–Crippen LogP) is 1.84. The molecule has 2 aliphatic rings. The maximum Gasteiger partial charge on any atom is 0.251 e. The van der Waals surface area contributed by atoms with Crippen LogP contribution in [0.25, 0.3) is 0 Å². The van der Waals surface area contributed by atoms with Gasteiger partial charge in [-0.05, 0) is 18.8 Å². The van der Waals surface area contributed by atoms with Gasteiger partial charge in [0.25, 0.3) is 5.92 Å². The van der Waals surface area contributed by atoms with Gasteiger partial charge in [0.05, 0.1) is 5.75 Å². The lowest BCUT2D eigenvalue weighted by Gasteiger charge is -2.32. The first kappa shape index (κ1) is 17.3. The summed E-state index contributed by atoms with van der Waals surface area (Å²) in [5, 5.41) is 0. The molecular weight excluding hydrogens is 320 g/mol. The van der Waals surface area contributed by atoms with Crippen molar-refractivity contribution in [3.05, 3.63) is 0 Å². The van der Waals surface area contributed by atoms with Gasteiger partial charge in [-0.3, -0.25) is 4.21 Å². The van der Waals surface area contributed by atoms with E-state index >= 15 is 0 Å². The number of nitrogens with zero attached hydrogens (tertiary/aromatic N) is 1. The number of halogens is 2. The van der Waals surface area contributed by atoms with Crippen molar-refractivity contribution in [3.63, 3.8) is 0 Å². The maximum absolute atomic E-state index is 13.9. The van der Waals surface area contributed by atoms with E-state index in [2.05, 4.69) is 0 Å². The van der Waals surface area contributed by atoms with E-state index in [1.807, 2.05) is 6.92 Å². The molecule has 3 unspecified atom stereocenters. The summed E-state index contributed by atoms with van der Waals surface area (Å²) in [6, 6.07) is 0. The lowest BCUT2D eigenvalue weighted by molar-refractivity contribution is -0.0773. The van der Waals surface area contributed by atoms with Crippen molar-refractivity contribution >= 4 is 20.8 Å². The number of sulfonamides is 1. The minimum absolute atomic E-state index is 0.00465. The number of hydrogen-bond acceptors (Lipinski definition) is 3. The second-order valence-corrected chi connectivity index (χ2v) is 9.89. The first-order chi connectivity index (χ1) is 9.71. The van der Waals surface area contributed by atoms with Crippen LogP contribution in [0.4, 0.5) is 8.78 Å². The molecule has 8 heteroatoms. The highest BCUT2D eigenvalue weighted by molar-refractivity contribution is 7.89. The Morgan fingerprint density at radius 3 is 2.71 bits per heavy atom. The van der Waals surface area contributed by atoms with Crippen LogP contribution in [0.3, 0.4) is 0 Å². The molecule has 3 atom stereocenters. The van der Waals surface area contributed by atoms with E-state index in [4.69, 9.17) is 0 Å². The predicted molar refractivity (Wildman–Crippen MR) is 79.3 cm³/mol. The maximum atomic E-state index is 13.9. The summed E-state index contributed by atoms with van der Waals surface area (Å²) in [5.41, 5.74) is 0. The highest BCUT2D eigenvalue weighted by atomic mass is 32.2. The fourth-order valence-electron chi connectivity index (χ4n) is 3.08. The Morgan fingerprint density at radius 1 is 1.33 bits per heavy atom. The molecule has 1 aliphatic heterocycles. The molecule has 1 saturated heterocycles. The van der Waals surface area contributed by atoms with Crippen LogP contribution in [0.5, 0.6) is 0 Å². The first-order valence-corrected chi connectivity index (χ1v) is 10.5. The third-order valence-electron chi connectivity index (χ3n) is 4.27. The van der Waals surface area contributed by atoms with Crippen LogP contribution in [0, 0.1) is 11.8 Å². The van der Waals surface area contributed by atoms with E-state index in [0.29, 0.717) is 24.3 Å². The van der Waals surface area contributed by atoms with Gasteiger partial charge >= 0.3 is 0 Å². The van der Waals surface area contributed by atoms with Crippen LogP contribution in [0.2, 0.25) is 0 Å². The second kappa shape index (κ2) is 6.58. The van der Waals surface area contributed by atoms with Crippen molar-refractivity contribution < 1.29 is 21.4 Å². The van der Waals surface area contributed by atoms with E-state index < -0.39 is 38.4 Å². The van der Waals surface area contributed by atoms with Crippen molar-refractivity contribution in [3.8, 4) is 0 Å². The molecule has 1 heterocycles. The van der Waals surface area contributed by atoms with Gasteiger partial charge < -0.3 is 0 Å². The SMILES string of the molecule is CC1CN(S(=O)(=O)CC2CCCCC2(F)F)CCS(=O)C1. The summed E-state index contributed by atoms with van der Waals surface area (Å²) >= 11 is 0. The average Bonchev–Trinajstić information content (AvgIpc) is 2.53. The van der Waals surface area contributed by atoms with E-state index in [9.17, 15) is 21.4 Å². The minimum Gasteiger partial charge on any atom is -0.260 e. The van der Waals surface area contributed by atoms with Gasteiger partial charge in [-0.1, -0.05) is 13.3 Å². The van der Waals surface area contributed by atoms with Gasteiger partial charge in [0.15, 0.2) is 0 Å². The normalized spacial score (nSPS) is 35.3. The Bertz CT molecular complexity index is 496. The Kier molecular flexibility index (Phi) is 5.41. The van der Waals surface area contributed by atoms with E-state index in [0.717, 1.165) is 0 Å². The van der Waals surface area contributed by atoms with Crippen molar-refractivity contribution in [1.82, 2.24) is 4.31 Å². The molecule has 0 aromatic rings. The molecule has 0 spiro atoms. The summed E-state index contributed by atoms with van der Waals surface area (Å²) in [4.78, 5) is 0. The zero-order valence-electron chi connectivity index (χ0n) is 12.3. The molecule has 0 radical (unpaired) electrons. The molecule has 2 fully saturated rings. The zero-order valence-corrected chi connectivity index (χ0v) is 13.9. The Morgan fingerprint density at radius 2 is 2.05 bits per heavy atom. The molecule has 1 saturated carbocycles. The monoisotopic (exact) mass is 343 g/mol. The molecule has 0 amide bonds. The third-order valence-corrected chi connectivity index (χ3v) is 7.79. The number of hydrogen-bond donors (Lipinski definition) is 0. The number of alkyl halides is 2. The van der Waals surface area contributed by atoms with Crippen LogP contribution in [0.15, 0.2) is 0 Å². The van der Waals surface area contributed by atoms with Crippen LogP contribution >= 0.6 is 0 Å². The second-order valence-electron chi connectivity index (χ2n) is 6.26. The molecule has 0 N–H and O–H groups in total. The quantitative estimate of drug-likeness (QED) is 0.786. The van der Waals surface area contributed by atoms with Gasteiger partial charge in [0.1, 0.15) is 0 Å². The fourth-order valence-corrected chi connectivity index (χ4v) is 6.51. The molecule has 0 bridgehead atoms. The van der Waals surface area contributed by atoms with Crippen molar-refractivity contribution in [1.29, 1.82) is 0 Å². The average molecular weight is 343 g/mol. The van der Waals surface area contributed by atoms with Gasteiger partial charge in [-0.25, -0.2) is 21.5 Å². The summed E-state index contributed by atoms with van der Waals surface area (Å²) in [7, 11) is -4.73. The first-order valence-electron chi connectivity index (χ1n) is 7.41. The molecule has 1 aliphatic carbocycles. The highest BCUT2D eigenvalue weighted by Gasteiger charge is 2.44. The topological polar surface area (TPSA) is 54.5 Å². The molecular formula is C13H23F2NO3S2. The molecule has 0 aromatic carbocycles. The number of rotatable bonds is 3. The highest BCUT2D eigenvalue weighted by Crippen LogP contribution is 2.39. The summed E-state index contributed by atoms with van der Waals surface area (Å²) in [6.45, 7) is 2.31. The molecule has 0 aromatic heterocycles. The Labute approximate surface area is 127 Å².